The third kappa shape index (κ3) is 1.61. The van der Waals surface area contributed by atoms with Crippen molar-refractivity contribution < 1.29 is 9.63 Å². The quantitative estimate of drug-likeness (QED) is 0.743. The van der Waals surface area contributed by atoms with E-state index < -0.39 is 5.76 Å². The summed E-state index contributed by atoms with van der Waals surface area (Å²) in [4.78, 5) is 13.0. The van der Waals surface area contributed by atoms with Crippen LogP contribution in [0.1, 0.15) is 5.82 Å². The molecule has 6 nitrogen and oxygen atoms in total. The van der Waals surface area contributed by atoms with Gasteiger partial charge in [0.05, 0.1) is 11.9 Å². The summed E-state index contributed by atoms with van der Waals surface area (Å²) in [6.45, 7) is 0.194. The van der Waals surface area contributed by atoms with Crippen LogP contribution in [0.3, 0.4) is 0 Å². The summed E-state index contributed by atoms with van der Waals surface area (Å²) in [5, 5.41) is 14.3. The molecule has 14 heavy (non-hydrogen) atoms. The maximum atomic E-state index is 10.6. The molecule has 0 spiro atoms. The molecule has 2 heterocycles. The summed E-state index contributed by atoms with van der Waals surface area (Å²) in [6.07, 6.45) is 0. The molecule has 8 heteroatoms. The van der Waals surface area contributed by atoms with Crippen LogP contribution in [0.2, 0.25) is 0 Å². The predicted octanol–water partition coefficient (Wildman–Crippen LogP) is 0.709. The van der Waals surface area contributed by atoms with Gasteiger partial charge in [-0.05, 0) is 12.2 Å². The van der Waals surface area contributed by atoms with E-state index in [1.165, 1.54) is 21.3 Å². The molecule has 0 aromatic carbocycles. The predicted molar refractivity (Wildman–Crippen MR) is 51.0 cm³/mol. The number of aromatic amines is 1. The van der Waals surface area contributed by atoms with Crippen LogP contribution >= 0.6 is 23.6 Å². The first-order valence-electron chi connectivity index (χ1n) is 3.59. The molecular formula is C6H5N3O3S2. The van der Waals surface area contributed by atoms with E-state index >= 15 is 0 Å². The van der Waals surface area contributed by atoms with Gasteiger partial charge in [0.25, 0.3) is 0 Å². The molecule has 2 N–H and O–H groups in total. The third-order valence-corrected chi connectivity index (χ3v) is 2.81. The molecule has 2 rings (SSSR count). The molecule has 0 bridgehead atoms. The van der Waals surface area contributed by atoms with Crippen molar-refractivity contribution >= 4 is 23.6 Å². The second-order valence-corrected chi connectivity index (χ2v) is 3.99. The minimum atomic E-state index is -0.624. The summed E-state index contributed by atoms with van der Waals surface area (Å²) in [5.41, 5.74) is 0. The smallest absolute Gasteiger partial charge is 0.438 e. The number of hydrogen-bond acceptors (Lipinski definition) is 6. The van der Waals surface area contributed by atoms with E-state index in [0.717, 1.165) is 0 Å². The Morgan fingerprint density at radius 1 is 1.79 bits per heavy atom. The number of nitrogens with zero attached hydrogens (tertiary/aromatic N) is 2. The zero-order chi connectivity index (χ0) is 10.1. The summed E-state index contributed by atoms with van der Waals surface area (Å²) in [5.74, 6) is -0.259. The molecule has 0 radical (unpaired) electrons. The first-order chi connectivity index (χ1) is 6.66. The van der Waals surface area contributed by atoms with Crippen molar-refractivity contribution in [1.82, 2.24) is 14.7 Å². The van der Waals surface area contributed by atoms with Crippen molar-refractivity contribution in [2.24, 2.45) is 0 Å². The van der Waals surface area contributed by atoms with Gasteiger partial charge < -0.3 is 5.11 Å². The third-order valence-electron chi connectivity index (χ3n) is 1.56. The highest BCUT2D eigenvalue weighted by atomic mass is 32.1. The summed E-state index contributed by atoms with van der Waals surface area (Å²) >= 11 is 6.18. The van der Waals surface area contributed by atoms with Crippen molar-refractivity contribution in [3.05, 3.63) is 25.7 Å². The van der Waals surface area contributed by atoms with Crippen LogP contribution in [0.25, 0.3) is 0 Å². The summed E-state index contributed by atoms with van der Waals surface area (Å²) in [7, 11) is 0. The van der Waals surface area contributed by atoms with Gasteiger partial charge in [-0.1, -0.05) is 5.16 Å². The Labute approximate surface area is 86.4 Å². The Kier molecular flexibility index (Phi) is 2.22. The fraction of sp³-hybridized carbons (Fsp3) is 0.167. The number of nitrogens with one attached hydrogen (secondary N) is 1. The maximum absolute atomic E-state index is 10.6. The summed E-state index contributed by atoms with van der Waals surface area (Å²) in [6, 6.07) is 0. The Bertz CT molecular complexity index is 549. The standard InChI is InChI=1S/C6H5N3O3S2/c10-4-2-14-6(13)9(4)1-3-7-5(11)12-8-3/h2,10H,1H2,(H,7,8,11). The lowest BCUT2D eigenvalue weighted by molar-refractivity contribution is 0.376. The molecule has 74 valence electrons. The van der Waals surface area contributed by atoms with E-state index in [4.69, 9.17) is 12.2 Å². The van der Waals surface area contributed by atoms with Gasteiger partial charge in [0.1, 0.15) is 0 Å². The molecule has 2 aromatic heterocycles. The minimum Gasteiger partial charge on any atom is -0.494 e. The molecule has 0 fully saturated rings. The van der Waals surface area contributed by atoms with E-state index in [9.17, 15) is 9.90 Å². The Morgan fingerprint density at radius 3 is 3.07 bits per heavy atom. The SMILES string of the molecule is O=c1[nH]c(Cn2c(O)csc2=S)no1. The molecule has 0 aliphatic carbocycles. The van der Waals surface area contributed by atoms with Crippen molar-refractivity contribution in [3.8, 4) is 5.88 Å². The number of aromatic hydroxyl groups is 1. The Balaban J connectivity index is 2.35. The van der Waals surface area contributed by atoms with Gasteiger partial charge in [-0.3, -0.25) is 14.1 Å². The van der Waals surface area contributed by atoms with Crippen molar-refractivity contribution in [1.29, 1.82) is 0 Å². The van der Waals surface area contributed by atoms with Gasteiger partial charge in [0.15, 0.2) is 9.78 Å². The number of rotatable bonds is 2. The van der Waals surface area contributed by atoms with Crippen LogP contribution in [-0.4, -0.2) is 19.8 Å². The number of aromatic nitrogens is 3. The molecule has 0 aliphatic heterocycles. The molecule has 0 saturated carbocycles. The minimum absolute atomic E-state index is 0.0452. The Morgan fingerprint density at radius 2 is 2.57 bits per heavy atom. The van der Waals surface area contributed by atoms with Crippen LogP contribution in [-0.2, 0) is 6.54 Å². The van der Waals surface area contributed by atoms with Gasteiger partial charge >= 0.3 is 5.76 Å². The zero-order valence-electron chi connectivity index (χ0n) is 6.76. The van der Waals surface area contributed by atoms with E-state index in [1.807, 2.05) is 0 Å². The fourth-order valence-electron chi connectivity index (χ4n) is 0.948. The Hall–Kier alpha value is -1.41. The van der Waals surface area contributed by atoms with Crippen LogP contribution in [0.15, 0.2) is 14.7 Å². The van der Waals surface area contributed by atoms with Gasteiger partial charge in [-0.15, -0.1) is 11.3 Å². The number of hydrogen-bond donors (Lipinski definition) is 2. The average Bonchev–Trinajstić information content (AvgIpc) is 2.67. The lowest BCUT2D eigenvalue weighted by Crippen LogP contribution is -2.03. The molecule has 0 amide bonds. The first kappa shape index (κ1) is 9.16. The number of H-pyrrole nitrogens is 1. The lowest BCUT2D eigenvalue weighted by atomic mass is 10.6. The van der Waals surface area contributed by atoms with E-state index in [0.29, 0.717) is 9.78 Å². The highest BCUT2D eigenvalue weighted by molar-refractivity contribution is 7.73. The van der Waals surface area contributed by atoms with Gasteiger partial charge in [-0.2, -0.15) is 0 Å². The average molecular weight is 231 g/mol. The van der Waals surface area contributed by atoms with Crippen molar-refractivity contribution in [2.45, 2.75) is 6.54 Å². The molecule has 0 aliphatic rings. The van der Waals surface area contributed by atoms with Gasteiger partial charge in [0, 0.05) is 0 Å². The largest absolute Gasteiger partial charge is 0.494 e. The van der Waals surface area contributed by atoms with Crippen molar-refractivity contribution in [3.63, 3.8) is 0 Å². The molecular weight excluding hydrogens is 226 g/mol. The van der Waals surface area contributed by atoms with E-state index in [-0.39, 0.29) is 12.4 Å². The van der Waals surface area contributed by atoms with Crippen LogP contribution in [0.5, 0.6) is 5.88 Å². The van der Waals surface area contributed by atoms with Crippen LogP contribution < -0.4 is 5.76 Å². The topological polar surface area (TPSA) is 84.0 Å². The zero-order valence-corrected chi connectivity index (χ0v) is 8.39. The van der Waals surface area contributed by atoms with Gasteiger partial charge in [-0.25, -0.2) is 4.79 Å². The lowest BCUT2D eigenvalue weighted by Gasteiger charge is -1.98. The van der Waals surface area contributed by atoms with E-state index in [2.05, 4.69) is 14.7 Å². The normalized spacial score (nSPS) is 10.6. The molecule has 0 atom stereocenters. The second-order valence-electron chi connectivity index (χ2n) is 2.49. The first-order valence-corrected chi connectivity index (χ1v) is 4.88. The fourth-order valence-corrected chi connectivity index (χ4v) is 1.87. The molecule has 2 aromatic rings. The van der Waals surface area contributed by atoms with Gasteiger partial charge in [0.2, 0.25) is 5.88 Å². The highest BCUT2D eigenvalue weighted by Gasteiger charge is 2.06. The maximum Gasteiger partial charge on any atom is 0.438 e. The van der Waals surface area contributed by atoms with Crippen molar-refractivity contribution in [2.75, 3.05) is 0 Å². The van der Waals surface area contributed by atoms with Crippen LogP contribution in [0, 0.1) is 3.95 Å². The number of thiazole rings is 1. The highest BCUT2D eigenvalue weighted by Crippen LogP contribution is 2.17. The van der Waals surface area contributed by atoms with E-state index in [1.54, 1.807) is 0 Å². The monoisotopic (exact) mass is 231 g/mol. The second kappa shape index (κ2) is 3.39. The molecule has 0 unspecified atom stereocenters. The summed E-state index contributed by atoms with van der Waals surface area (Å²) < 4.78 is 6.25. The van der Waals surface area contributed by atoms with Crippen LogP contribution in [0.4, 0.5) is 0 Å². The molecule has 0 saturated heterocycles.